The van der Waals surface area contributed by atoms with Crippen LogP contribution < -0.4 is 0 Å². The van der Waals surface area contributed by atoms with Gasteiger partial charge in [-0.15, -0.1) is 0 Å². The molecule has 1 rings (SSSR count). The van der Waals surface area contributed by atoms with Gasteiger partial charge in [0, 0.05) is 5.92 Å². The van der Waals surface area contributed by atoms with E-state index in [1.54, 1.807) is 0 Å². The molecule has 1 aliphatic rings. The summed E-state index contributed by atoms with van der Waals surface area (Å²) in [6.07, 6.45) is 0. The van der Waals surface area contributed by atoms with Gasteiger partial charge in [-0.25, -0.2) is 0 Å². The van der Waals surface area contributed by atoms with E-state index in [2.05, 4.69) is 75.4 Å². The van der Waals surface area contributed by atoms with Crippen LogP contribution in [0.4, 0.5) is 0 Å². The summed E-state index contributed by atoms with van der Waals surface area (Å²) in [7, 11) is 1.38. The Balaban J connectivity index is 0.000000424. The third-order valence-electron chi connectivity index (χ3n) is 2.81. The molecule has 0 bridgehead atoms. The van der Waals surface area contributed by atoms with Crippen molar-refractivity contribution in [2.45, 2.75) is 34.6 Å². The number of hydrogen-bond acceptors (Lipinski definition) is 0. The van der Waals surface area contributed by atoms with E-state index in [9.17, 15) is 0 Å². The van der Waals surface area contributed by atoms with Crippen molar-refractivity contribution in [2.75, 3.05) is 0 Å². The maximum atomic E-state index is 2.24. The Kier molecular flexibility index (Phi) is 7.61. The predicted octanol–water partition coefficient (Wildman–Crippen LogP) is 5.04. The minimum absolute atomic E-state index is 1.38. The number of allylic oxidation sites excluding steroid dienone is 4. The van der Waals surface area contributed by atoms with Crippen molar-refractivity contribution < 1.29 is 8.26 Å². The van der Waals surface area contributed by atoms with E-state index in [0.29, 0.717) is 0 Å². The van der Waals surface area contributed by atoms with E-state index < -0.39 is 0 Å². The molecule has 0 heterocycles. The molecule has 0 aromatic carbocycles. The second kappa shape index (κ2) is 6.84. The van der Waals surface area contributed by atoms with Crippen LogP contribution in [-0.4, -0.2) is 0 Å². The molecule has 0 atom stereocenters. The molecule has 0 saturated heterocycles. The van der Waals surface area contributed by atoms with Crippen LogP contribution in [0, 0.1) is 5.92 Å². The Morgan fingerprint density at radius 2 is 0.923 bits per heavy atom. The van der Waals surface area contributed by atoms with E-state index in [1.165, 1.54) is 36.5 Å². The molecule has 13 heavy (non-hydrogen) atoms. The molecule has 1 aliphatic carbocycles. The number of hydrogen-bond donors (Lipinski definition) is 0. The fourth-order valence-electron chi connectivity index (χ4n) is 1.41. The van der Waals surface area contributed by atoms with Crippen molar-refractivity contribution in [2.24, 2.45) is 0 Å². The minimum atomic E-state index is 1.38. The van der Waals surface area contributed by atoms with Crippen LogP contribution in [-0.2, 0) is 8.26 Å². The zero-order valence-electron chi connectivity index (χ0n) is 8.59. The van der Waals surface area contributed by atoms with Gasteiger partial charge in [0.1, 0.15) is 0 Å². The molecule has 0 aromatic heterocycles. The summed E-state index contributed by atoms with van der Waals surface area (Å²) in [6, 6.07) is 0. The molecule has 0 unspecified atom stereocenters. The van der Waals surface area contributed by atoms with Gasteiger partial charge in [-0.2, -0.15) is 0 Å². The summed E-state index contributed by atoms with van der Waals surface area (Å²) in [4.78, 5) is 0. The van der Waals surface area contributed by atoms with Crippen molar-refractivity contribution in [3.63, 3.8) is 0 Å². The Morgan fingerprint density at radius 1 is 0.692 bits per heavy atom. The fraction of sp³-hybridized carbons (Fsp3) is 0.500. The van der Waals surface area contributed by atoms with E-state index in [-0.39, 0.29) is 0 Å². The Hall–Kier alpha value is 1.45. The van der Waals surface area contributed by atoms with Crippen LogP contribution in [0.1, 0.15) is 34.6 Å². The predicted molar refractivity (Wildman–Crippen MR) is 73.7 cm³/mol. The molecule has 0 aliphatic heterocycles. The quantitative estimate of drug-likeness (QED) is 0.456. The molecule has 0 spiro atoms. The average Bonchev–Trinajstić information content (AvgIpc) is 2.25. The van der Waals surface area contributed by atoms with Crippen LogP contribution in [0.25, 0.3) is 0 Å². The van der Waals surface area contributed by atoms with Crippen LogP contribution in [0.2, 0.25) is 0 Å². The SMILES string of the molecule is C[C]1C(C)=C(C)C(C)=C1C.[I][Co][I]. The fourth-order valence-corrected chi connectivity index (χ4v) is 1.41. The summed E-state index contributed by atoms with van der Waals surface area (Å²) >= 11 is 4.49. The summed E-state index contributed by atoms with van der Waals surface area (Å²) < 4.78 is 0. The number of halogens is 2. The van der Waals surface area contributed by atoms with Gasteiger partial charge in [0.25, 0.3) is 0 Å². The second-order valence-electron chi connectivity index (χ2n) is 3.17. The third-order valence-corrected chi connectivity index (χ3v) is 2.81. The standard InChI is InChI=1S/C10H15.Co.2HI/c1-6-7(2)9(4)10(5)8(6)3;;;/h1-5H3;;2*1H/q;+2;;/p-2. The van der Waals surface area contributed by atoms with E-state index >= 15 is 0 Å². The van der Waals surface area contributed by atoms with Crippen LogP contribution >= 0.6 is 40.8 Å². The van der Waals surface area contributed by atoms with E-state index in [1.807, 2.05) is 0 Å². The molecule has 0 aromatic rings. The van der Waals surface area contributed by atoms with Crippen LogP contribution in [0.15, 0.2) is 22.3 Å². The van der Waals surface area contributed by atoms with Crippen molar-refractivity contribution in [1.82, 2.24) is 0 Å². The topological polar surface area (TPSA) is 0 Å². The third kappa shape index (κ3) is 3.83. The van der Waals surface area contributed by atoms with Gasteiger partial charge < -0.3 is 0 Å². The molecule has 0 saturated carbocycles. The van der Waals surface area contributed by atoms with Crippen LogP contribution in [0.3, 0.4) is 0 Å². The normalized spacial score (nSPS) is 18.1. The molecule has 0 fully saturated rings. The second-order valence-corrected chi connectivity index (χ2v) is 12.0. The first-order valence-electron chi connectivity index (χ1n) is 4.00. The maximum absolute atomic E-state index is 2.24. The monoisotopic (exact) mass is 448 g/mol. The van der Waals surface area contributed by atoms with Gasteiger partial charge in [0.15, 0.2) is 0 Å². The molecule has 78 valence electrons. The zero-order valence-corrected chi connectivity index (χ0v) is 13.9. The molecule has 0 amide bonds. The van der Waals surface area contributed by atoms with Gasteiger partial charge in [0.05, 0.1) is 0 Å². The van der Waals surface area contributed by atoms with E-state index in [4.69, 9.17) is 0 Å². The van der Waals surface area contributed by atoms with Crippen molar-refractivity contribution in [1.29, 1.82) is 0 Å². The summed E-state index contributed by atoms with van der Waals surface area (Å²) in [5, 5.41) is 0. The Bertz CT molecular complexity index is 217. The summed E-state index contributed by atoms with van der Waals surface area (Å²) in [5.74, 6) is 1.47. The number of rotatable bonds is 0. The molecular formula is C10H15CoI2. The first-order chi connectivity index (χ1) is 5.97. The first kappa shape index (κ1) is 14.4. The van der Waals surface area contributed by atoms with Crippen molar-refractivity contribution in [3.8, 4) is 0 Å². The zero-order chi connectivity index (χ0) is 10.6. The van der Waals surface area contributed by atoms with Gasteiger partial charge in [-0.1, -0.05) is 18.1 Å². The molecular weight excluding hydrogens is 433 g/mol. The van der Waals surface area contributed by atoms with Gasteiger partial charge in [-0.05, 0) is 38.8 Å². The van der Waals surface area contributed by atoms with Crippen molar-refractivity contribution in [3.05, 3.63) is 28.2 Å². The average molecular weight is 448 g/mol. The molecule has 3 heteroatoms. The molecule has 0 nitrogen and oxygen atoms in total. The van der Waals surface area contributed by atoms with Gasteiger partial charge in [0.2, 0.25) is 0 Å². The first-order valence-corrected chi connectivity index (χ1v) is 10.7. The van der Waals surface area contributed by atoms with Gasteiger partial charge in [-0.3, -0.25) is 0 Å². The Labute approximate surface area is 111 Å². The van der Waals surface area contributed by atoms with E-state index in [0.717, 1.165) is 0 Å². The van der Waals surface area contributed by atoms with Crippen molar-refractivity contribution >= 4 is 40.8 Å². The molecule has 1 radical (unpaired) electrons. The van der Waals surface area contributed by atoms with Gasteiger partial charge >= 0.3 is 49.1 Å². The molecule has 0 N–H and O–H groups in total. The summed E-state index contributed by atoms with van der Waals surface area (Å²) in [6.45, 7) is 11.0. The Morgan fingerprint density at radius 3 is 1.00 bits per heavy atom. The van der Waals surface area contributed by atoms with Crippen LogP contribution in [0.5, 0.6) is 0 Å². The summed E-state index contributed by atoms with van der Waals surface area (Å²) in [5.41, 5.74) is 5.87.